The SMILES string of the molecule is C[CH]C1(C(C)CC)C=CNc2ccccc21. The third-order valence-corrected chi connectivity index (χ3v) is 3.90. The Hall–Kier alpha value is -1.24. The number of nitrogens with one attached hydrogen (secondary N) is 1. The van der Waals surface area contributed by atoms with Gasteiger partial charge in [-0.05, 0) is 30.2 Å². The van der Waals surface area contributed by atoms with Gasteiger partial charge in [0.25, 0.3) is 0 Å². The standard InChI is InChI=1S/C15H20N/c1-4-12(3)15(5-2)10-11-16-14-9-7-6-8-13(14)15/h5-12,16H,4H2,1-3H3. The van der Waals surface area contributed by atoms with Crippen LogP contribution < -0.4 is 5.32 Å². The van der Waals surface area contributed by atoms with Gasteiger partial charge in [-0.3, -0.25) is 0 Å². The van der Waals surface area contributed by atoms with Gasteiger partial charge in [0.15, 0.2) is 0 Å². The van der Waals surface area contributed by atoms with E-state index in [0.717, 1.165) is 0 Å². The summed E-state index contributed by atoms with van der Waals surface area (Å²) in [6, 6.07) is 8.60. The first-order valence-electron chi connectivity index (χ1n) is 6.09. The average Bonchev–Trinajstić information content (AvgIpc) is 2.37. The maximum atomic E-state index is 3.33. The van der Waals surface area contributed by atoms with Gasteiger partial charge in [-0.15, -0.1) is 0 Å². The van der Waals surface area contributed by atoms with Gasteiger partial charge in [0.05, 0.1) is 0 Å². The van der Waals surface area contributed by atoms with E-state index in [2.05, 4.69) is 69.1 Å². The Morgan fingerprint density at radius 3 is 2.81 bits per heavy atom. The number of para-hydroxylation sites is 1. The molecule has 0 amide bonds. The molecule has 0 saturated carbocycles. The summed E-state index contributed by atoms with van der Waals surface area (Å²) in [6.07, 6.45) is 7.89. The van der Waals surface area contributed by atoms with E-state index >= 15 is 0 Å². The lowest BCUT2D eigenvalue weighted by Crippen LogP contribution is -2.34. The van der Waals surface area contributed by atoms with Gasteiger partial charge in [-0.25, -0.2) is 0 Å². The zero-order chi connectivity index (χ0) is 11.6. The summed E-state index contributed by atoms with van der Waals surface area (Å²) >= 11 is 0. The van der Waals surface area contributed by atoms with E-state index in [9.17, 15) is 0 Å². The van der Waals surface area contributed by atoms with Crippen molar-refractivity contribution < 1.29 is 0 Å². The second kappa shape index (κ2) is 4.32. The van der Waals surface area contributed by atoms with E-state index in [4.69, 9.17) is 0 Å². The molecule has 1 heterocycles. The highest BCUT2D eigenvalue weighted by atomic mass is 14.9. The molecule has 16 heavy (non-hydrogen) atoms. The highest BCUT2D eigenvalue weighted by molar-refractivity contribution is 5.62. The predicted octanol–water partition coefficient (Wildman–Crippen LogP) is 4.13. The van der Waals surface area contributed by atoms with Gasteiger partial charge in [-0.2, -0.15) is 0 Å². The largest absolute Gasteiger partial charge is 0.362 e. The lowest BCUT2D eigenvalue weighted by molar-refractivity contribution is 0.391. The van der Waals surface area contributed by atoms with Crippen LogP contribution in [0.2, 0.25) is 0 Å². The molecule has 1 radical (unpaired) electrons. The van der Waals surface area contributed by atoms with Crippen LogP contribution in [0.25, 0.3) is 0 Å². The summed E-state index contributed by atoms with van der Waals surface area (Å²) in [7, 11) is 0. The monoisotopic (exact) mass is 214 g/mol. The van der Waals surface area contributed by atoms with Crippen molar-refractivity contribution in [1.82, 2.24) is 0 Å². The van der Waals surface area contributed by atoms with Crippen molar-refractivity contribution in [3.8, 4) is 0 Å². The summed E-state index contributed by atoms with van der Waals surface area (Å²) in [4.78, 5) is 0. The van der Waals surface area contributed by atoms with E-state index in [1.165, 1.54) is 17.7 Å². The molecule has 2 unspecified atom stereocenters. The topological polar surface area (TPSA) is 12.0 Å². The van der Waals surface area contributed by atoms with E-state index < -0.39 is 0 Å². The third kappa shape index (κ3) is 1.55. The lowest BCUT2D eigenvalue weighted by atomic mass is 9.67. The molecule has 1 heteroatoms. The van der Waals surface area contributed by atoms with Gasteiger partial charge in [0.2, 0.25) is 0 Å². The lowest BCUT2D eigenvalue weighted by Gasteiger charge is -2.39. The highest BCUT2D eigenvalue weighted by Crippen LogP contribution is 2.43. The molecule has 1 aliphatic rings. The fourth-order valence-electron chi connectivity index (χ4n) is 2.65. The van der Waals surface area contributed by atoms with Gasteiger partial charge in [0, 0.05) is 11.1 Å². The van der Waals surface area contributed by atoms with Crippen LogP contribution in [0.4, 0.5) is 5.69 Å². The van der Waals surface area contributed by atoms with Crippen molar-refractivity contribution in [2.45, 2.75) is 32.6 Å². The Labute approximate surface area is 98.6 Å². The van der Waals surface area contributed by atoms with Crippen LogP contribution >= 0.6 is 0 Å². The van der Waals surface area contributed by atoms with Crippen molar-refractivity contribution in [3.63, 3.8) is 0 Å². The minimum Gasteiger partial charge on any atom is -0.362 e. The van der Waals surface area contributed by atoms with Crippen molar-refractivity contribution in [3.05, 3.63) is 48.5 Å². The second-order valence-electron chi connectivity index (χ2n) is 4.55. The van der Waals surface area contributed by atoms with Gasteiger partial charge in [-0.1, -0.05) is 51.5 Å². The molecular weight excluding hydrogens is 194 g/mol. The Kier molecular flexibility index (Phi) is 3.04. The van der Waals surface area contributed by atoms with E-state index in [1.54, 1.807) is 0 Å². The number of anilines is 1. The summed E-state index contributed by atoms with van der Waals surface area (Å²) in [5, 5.41) is 3.33. The molecule has 2 rings (SSSR count). The third-order valence-electron chi connectivity index (χ3n) is 3.90. The fourth-order valence-corrected chi connectivity index (χ4v) is 2.65. The molecule has 0 aliphatic carbocycles. The number of fused-ring (bicyclic) bond motifs is 1. The van der Waals surface area contributed by atoms with Gasteiger partial charge in [0.1, 0.15) is 0 Å². The molecule has 1 N–H and O–H groups in total. The Bertz CT molecular complexity index is 394. The smallest absolute Gasteiger partial charge is 0.0421 e. The Balaban J connectivity index is 2.54. The number of rotatable bonds is 3. The van der Waals surface area contributed by atoms with E-state index in [1.807, 2.05) is 0 Å². The molecule has 0 spiro atoms. The molecule has 2 atom stereocenters. The van der Waals surface area contributed by atoms with Crippen LogP contribution in [-0.4, -0.2) is 0 Å². The van der Waals surface area contributed by atoms with Crippen LogP contribution in [0.3, 0.4) is 0 Å². The number of benzene rings is 1. The molecular formula is C15H20N. The van der Waals surface area contributed by atoms with E-state index in [-0.39, 0.29) is 5.41 Å². The first-order valence-corrected chi connectivity index (χ1v) is 6.09. The Morgan fingerprint density at radius 2 is 2.12 bits per heavy atom. The van der Waals surface area contributed by atoms with Gasteiger partial charge >= 0.3 is 0 Å². The second-order valence-corrected chi connectivity index (χ2v) is 4.55. The highest BCUT2D eigenvalue weighted by Gasteiger charge is 2.36. The van der Waals surface area contributed by atoms with Crippen LogP contribution in [0.5, 0.6) is 0 Å². The molecule has 0 fully saturated rings. The van der Waals surface area contributed by atoms with Crippen LogP contribution in [0.15, 0.2) is 36.5 Å². The first kappa shape index (κ1) is 11.3. The molecule has 1 nitrogen and oxygen atoms in total. The van der Waals surface area contributed by atoms with Crippen LogP contribution in [0.1, 0.15) is 32.8 Å². The normalized spacial score (nSPS) is 24.7. The Morgan fingerprint density at radius 1 is 1.38 bits per heavy atom. The van der Waals surface area contributed by atoms with Crippen LogP contribution in [-0.2, 0) is 5.41 Å². The summed E-state index contributed by atoms with van der Waals surface area (Å²) in [5.74, 6) is 0.622. The van der Waals surface area contributed by atoms with Crippen molar-refractivity contribution in [2.75, 3.05) is 5.32 Å². The number of allylic oxidation sites excluding steroid dienone is 1. The average molecular weight is 214 g/mol. The summed E-state index contributed by atoms with van der Waals surface area (Å²) < 4.78 is 0. The summed E-state index contributed by atoms with van der Waals surface area (Å²) in [5.41, 5.74) is 2.73. The number of hydrogen-bond acceptors (Lipinski definition) is 1. The quantitative estimate of drug-likeness (QED) is 0.797. The molecule has 0 aromatic heterocycles. The van der Waals surface area contributed by atoms with Crippen LogP contribution in [0, 0.1) is 12.3 Å². The van der Waals surface area contributed by atoms with Crippen molar-refractivity contribution >= 4 is 5.69 Å². The maximum absolute atomic E-state index is 3.33. The molecule has 1 aromatic rings. The molecule has 1 aliphatic heterocycles. The fraction of sp³-hybridized carbons (Fsp3) is 0.400. The zero-order valence-electron chi connectivity index (χ0n) is 10.3. The molecule has 85 valence electrons. The predicted molar refractivity (Wildman–Crippen MR) is 70.3 cm³/mol. The van der Waals surface area contributed by atoms with Crippen molar-refractivity contribution in [2.24, 2.45) is 5.92 Å². The zero-order valence-corrected chi connectivity index (χ0v) is 10.3. The molecule has 0 saturated heterocycles. The first-order chi connectivity index (χ1) is 7.74. The van der Waals surface area contributed by atoms with Gasteiger partial charge < -0.3 is 5.32 Å². The van der Waals surface area contributed by atoms with E-state index in [0.29, 0.717) is 5.92 Å². The minimum absolute atomic E-state index is 0.0938. The number of hydrogen-bond donors (Lipinski definition) is 1. The molecule has 0 bridgehead atoms. The van der Waals surface area contributed by atoms with Crippen molar-refractivity contribution in [1.29, 1.82) is 0 Å². The summed E-state index contributed by atoms with van der Waals surface area (Å²) in [6.45, 7) is 6.75. The minimum atomic E-state index is 0.0938. The maximum Gasteiger partial charge on any atom is 0.0421 e. The molecule has 1 aromatic carbocycles.